The van der Waals surface area contributed by atoms with Crippen LogP contribution in [0, 0.1) is 0 Å². The van der Waals surface area contributed by atoms with Gasteiger partial charge in [0.2, 0.25) is 0 Å². The molecule has 4 heteroatoms. The van der Waals surface area contributed by atoms with Crippen LogP contribution in [-0.2, 0) is 11.2 Å². The van der Waals surface area contributed by atoms with Gasteiger partial charge >= 0.3 is 5.97 Å². The molecule has 0 unspecified atom stereocenters. The first-order valence-corrected chi connectivity index (χ1v) is 4.82. The molecule has 1 aromatic carbocycles. The van der Waals surface area contributed by atoms with Crippen molar-refractivity contribution in [2.45, 2.75) is 6.42 Å². The third-order valence-corrected chi connectivity index (χ3v) is 2.20. The lowest BCUT2D eigenvalue weighted by molar-refractivity contribution is -0.136. The molecule has 1 N–H and O–H groups in total. The van der Waals surface area contributed by atoms with Crippen LogP contribution in [0.4, 0.5) is 0 Å². The molecule has 0 atom stereocenters. The Morgan fingerprint density at radius 2 is 1.69 bits per heavy atom. The van der Waals surface area contributed by atoms with Gasteiger partial charge in [-0.3, -0.25) is 4.79 Å². The fourth-order valence-corrected chi connectivity index (χ4v) is 1.44. The van der Waals surface area contributed by atoms with E-state index in [4.69, 9.17) is 5.11 Å². The van der Waals surface area contributed by atoms with Crippen LogP contribution in [0.5, 0.6) is 0 Å². The van der Waals surface area contributed by atoms with Crippen LogP contribution in [0.2, 0.25) is 0 Å². The lowest BCUT2D eigenvalue weighted by Crippen LogP contribution is -1.99. The first kappa shape index (κ1) is 10.3. The summed E-state index contributed by atoms with van der Waals surface area (Å²) >= 11 is 0. The third-order valence-electron chi connectivity index (χ3n) is 2.20. The predicted molar refractivity (Wildman–Crippen MR) is 58.8 cm³/mol. The molecule has 0 aliphatic heterocycles. The summed E-state index contributed by atoms with van der Waals surface area (Å²) in [6.45, 7) is 0. The molecule has 0 amide bonds. The average molecular weight is 214 g/mol. The van der Waals surface area contributed by atoms with Gasteiger partial charge in [-0.05, 0) is 11.1 Å². The van der Waals surface area contributed by atoms with Gasteiger partial charge < -0.3 is 5.11 Å². The highest BCUT2D eigenvalue weighted by Crippen LogP contribution is 2.17. The number of nitrogens with zero attached hydrogens (tertiary/aromatic N) is 2. The summed E-state index contributed by atoms with van der Waals surface area (Å²) in [5.74, 6) is -0.823. The quantitative estimate of drug-likeness (QED) is 0.845. The molecule has 0 radical (unpaired) electrons. The van der Waals surface area contributed by atoms with E-state index >= 15 is 0 Å². The molecule has 0 fully saturated rings. The molecule has 80 valence electrons. The first-order valence-electron chi connectivity index (χ1n) is 4.82. The van der Waals surface area contributed by atoms with Gasteiger partial charge in [0, 0.05) is 18.0 Å². The van der Waals surface area contributed by atoms with E-state index in [1.165, 1.54) is 6.33 Å². The summed E-state index contributed by atoms with van der Waals surface area (Å²) in [6.07, 6.45) is 4.96. The number of carboxylic acid groups (broad SMARTS) is 1. The summed E-state index contributed by atoms with van der Waals surface area (Å²) in [5, 5.41) is 8.63. The van der Waals surface area contributed by atoms with Gasteiger partial charge in [0.05, 0.1) is 6.42 Å². The van der Waals surface area contributed by atoms with E-state index in [0.717, 1.165) is 16.7 Å². The van der Waals surface area contributed by atoms with Gasteiger partial charge in [-0.1, -0.05) is 24.3 Å². The topological polar surface area (TPSA) is 63.1 Å². The van der Waals surface area contributed by atoms with Crippen LogP contribution in [-0.4, -0.2) is 21.0 Å². The van der Waals surface area contributed by atoms with Crippen LogP contribution < -0.4 is 0 Å². The van der Waals surface area contributed by atoms with Crippen molar-refractivity contribution in [3.8, 4) is 11.1 Å². The maximum atomic E-state index is 10.5. The number of carbonyl (C=O) groups is 1. The molecule has 1 aromatic heterocycles. The summed E-state index contributed by atoms with van der Waals surface area (Å²) in [5.41, 5.74) is 2.69. The van der Waals surface area contributed by atoms with Crippen LogP contribution in [0.15, 0.2) is 43.0 Å². The Kier molecular flexibility index (Phi) is 2.91. The number of benzene rings is 1. The Balaban J connectivity index is 2.23. The highest BCUT2D eigenvalue weighted by Gasteiger charge is 2.01. The van der Waals surface area contributed by atoms with Gasteiger partial charge in [0.1, 0.15) is 6.33 Å². The van der Waals surface area contributed by atoms with Crippen molar-refractivity contribution in [1.82, 2.24) is 9.97 Å². The molecule has 2 rings (SSSR count). The molecule has 0 spiro atoms. The van der Waals surface area contributed by atoms with Crippen LogP contribution in [0.3, 0.4) is 0 Å². The molecule has 0 bridgehead atoms. The monoisotopic (exact) mass is 214 g/mol. The molecular formula is C12H10N2O2. The van der Waals surface area contributed by atoms with Crippen molar-refractivity contribution < 1.29 is 9.90 Å². The molecule has 1 heterocycles. The van der Waals surface area contributed by atoms with Crippen LogP contribution >= 0.6 is 0 Å². The van der Waals surface area contributed by atoms with Gasteiger partial charge in [-0.25, -0.2) is 9.97 Å². The Bertz CT molecular complexity index is 480. The number of carboxylic acids is 1. The minimum absolute atomic E-state index is 0.0472. The standard InChI is InChI=1S/C12H10N2O2/c15-12(16)5-9-1-3-10(4-2-9)11-6-13-8-14-7-11/h1-4,6-8H,5H2,(H,15,16). The molecule has 0 aliphatic carbocycles. The van der Waals surface area contributed by atoms with Crippen LogP contribution in [0.1, 0.15) is 5.56 Å². The molecule has 0 saturated carbocycles. The summed E-state index contributed by atoms with van der Waals surface area (Å²) < 4.78 is 0. The molecular weight excluding hydrogens is 204 g/mol. The normalized spacial score (nSPS) is 10.0. The highest BCUT2D eigenvalue weighted by molar-refractivity contribution is 5.71. The Hall–Kier alpha value is -2.23. The van der Waals surface area contributed by atoms with E-state index in [1.54, 1.807) is 24.5 Å². The van der Waals surface area contributed by atoms with E-state index in [1.807, 2.05) is 12.1 Å². The maximum Gasteiger partial charge on any atom is 0.307 e. The van der Waals surface area contributed by atoms with Gasteiger partial charge in [-0.2, -0.15) is 0 Å². The van der Waals surface area contributed by atoms with E-state index in [2.05, 4.69) is 9.97 Å². The van der Waals surface area contributed by atoms with Gasteiger partial charge in [0.25, 0.3) is 0 Å². The summed E-state index contributed by atoms with van der Waals surface area (Å²) in [7, 11) is 0. The molecule has 4 nitrogen and oxygen atoms in total. The fraction of sp³-hybridized carbons (Fsp3) is 0.0833. The van der Waals surface area contributed by atoms with Gasteiger partial charge in [0.15, 0.2) is 0 Å². The minimum Gasteiger partial charge on any atom is -0.481 e. The van der Waals surface area contributed by atoms with E-state index in [-0.39, 0.29) is 6.42 Å². The zero-order valence-electron chi connectivity index (χ0n) is 8.50. The molecule has 0 saturated heterocycles. The molecule has 16 heavy (non-hydrogen) atoms. The smallest absolute Gasteiger partial charge is 0.307 e. The third kappa shape index (κ3) is 2.42. The maximum absolute atomic E-state index is 10.5. The number of rotatable bonds is 3. The Morgan fingerprint density at radius 3 is 2.25 bits per heavy atom. The average Bonchev–Trinajstić information content (AvgIpc) is 2.30. The largest absolute Gasteiger partial charge is 0.481 e. The number of hydrogen-bond donors (Lipinski definition) is 1. The Labute approximate surface area is 92.6 Å². The van der Waals surface area contributed by atoms with Crippen molar-refractivity contribution in [2.75, 3.05) is 0 Å². The van der Waals surface area contributed by atoms with Gasteiger partial charge in [-0.15, -0.1) is 0 Å². The first-order chi connectivity index (χ1) is 7.75. The van der Waals surface area contributed by atoms with Crippen molar-refractivity contribution in [3.05, 3.63) is 48.5 Å². The second kappa shape index (κ2) is 4.53. The zero-order valence-corrected chi connectivity index (χ0v) is 8.50. The summed E-state index contributed by atoms with van der Waals surface area (Å²) in [4.78, 5) is 18.4. The lowest BCUT2D eigenvalue weighted by Gasteiger charge is -2.01. The predicted octanol–water partition coefficient (Wildman–Crippen LogP) is 1.77. The van der Waals surface area contributed by atoms with E-state index in [0.29, 0.717) is 0 Å². The van der Waals surface area contributed by atoms with E-state index < -0.39 is 5.97 Å². The lowest BCUT2D eigenvalue weighted by atomic mass is 10.1. The molecule has 0 aliphatic rings. The number of aromatic nitrogens is 2. The zero-order chi connectivity index (χ0) is 11.4. The number of aliphatic carboxylic acids is 1. The second-order valence-corrected chi connectivity index (χ2v) is 3.39. The fourth-order valence-electron chi connectivity index (χ4n) is 1.44. The van der Waals surface area contributed by atoms with E-state index in [9.17, 15) is 4.79 Å². The number of hydrogen-bond acceptors (Lipinski definition) is 3. The molecule has 2 aromatic rings. The van der Waals surface area contributed by atoms with Crippen molar-refractivity contribution in [2.24, 2.45) is 0 Å². The van der Waals surface area contributed by atoms with Crippen molar-refractivity contribution >= 4 is 5.97 Å². The second-order valence-electron chi connectivity index (χ2n) is 3.39. The van der Waals surface area contributed by atoms with Crippen molar-refractivity contribution in [3.63, 3.8) is 0 Å². The summed E-state index contributed by atoms with van der Waals surface area (Å²) in [6, 6.07) is 7.35. The van der Waals surface area contributed by atoms with Crippen LogP contribution in [0.25, 0.3) is 11.1 Å². The minimum atomic E-state index is -0.823. The SMILES string of the molecule is O=C(O)Cc1ccc(-c2cncnc2)cc1. The van der Waals surface area contributed by atoms with Crippen molar-refractivity contribution in [1.29, 1.82) is 0 Å². The highest BCUT2D eigenvalue weighted by atomic mass is 16.4. The Morgan fingerprint density at radius 1 is 1.06 bits per heavy atom.